The van der Waals surface area contributed by atoms with Crippen molar-refractivity contribution in [1.82, 2.24) is 9.80 Å². The summed E-state index contributed by atoms with van der Waals surface area (Å²) in [7, 11) is 1.80. The van der Waals surface area contributed by atoms with Crippen molar-refractivity contribution in [3.8, 4) is 0 Å². The molecule has 1 heterocycles. The first-order valence-electron chi connectivity index (χ1n) is 12.1. The fourth-order valence-electron chi connectivity index (χ4n) is 4.98. The van der Waals surface area contributed by atoms with Crippen LogP contribution in [0.15, 0.2) is 24.3 Å². The molecule has 2 amide bonds. The van der Waals surface area contributed by atoms with Gasteiger partial charge in [0.1, 0.15) is 5.60 Å². The number of aliphatic hydroxyl groups excluding tert-OH is 1. The lowest BCUT2D eigenvalue weighted by Gasteiger charge is -2.37. The van der Waals surface area contributed by atoms with Crippen LogP contribution in [0, 0.1) is 11.8 Å². The van der Waals surface area contributed by atoms with E-state index in [1.807, 2.05) is 32.9 Å². The quantitative estimate of drug-likeness (QED) is 0.723. The summed E-state index contributed by atoms with van der Waals surface area (Å²) in [6, 6.07) is 8.21. The van der Waals surface area contributed by atoms with E-state index in [2.05, 4.69) is 17.0 Å². The summed E-state index contributed by atoms with van der Waals surface area (Å²) in [6.07, 6.45) is 5.52. The molecule has 2 fully saturated rings. The molecule has 0 radical (unpaired) electrons. The second-order valence-electron chi connectivity index (χ2n) is 10.6. The van der Waals surface area contributed by atoms with Gasteiger partial charge in [0.15, 0.2) is 0 Å². The molecule has 32 heavy (non-hydrogen) atoms. The lowest BCUT2D eigenvalue weighted by molar-refractivity contribution is -0.138. The number of hydrogen-bond donors (Lipinski definition) is 1. The number of carbonyl (C=O) groups is 2. The average Bonchev–Trinajstić information content (AvgIpc) is 2.78. The molecular formula is C26H40N2O4. The third-order valence-corrected chi connectivity index (χ3v) is 6.87. The van der Waals surface area contributed by atoms with Crippen LogP contribution in [-0.2, 0) is 16.1 Å². The number of benzene rings is 1. The maximum atomic E-state index is 13.1. The average molecular weight is 445 g/mol. The molecule has 178 valence electrons. The van der Waals surface area contributed by atoms with Crippen molar-refractivity contribution in [3.05, 3.63) is 35.4 Å². The lowest BCUT2D eigenvalue weighted by atomic mass is 9.80. The van der Waals surface area contributed by atoms with Crippen LogP contribution < -0.4 is 0 Å². The van der Waals surface area contributed by atoms with Gasteiger partial charge < -0.3 is 19.6 Å². The zero-order valence-electron chi connectivity index (χ0n) is 20.2. The Balaban J connectivity index is 1.41. The van der Waals surface area contributed by atoms with Gasteiger partial charge in [-0.3, -0.25) is 4.79 Å². The van der Waals surface area contributed by atoms with Gasteiger partial charge in [0.2, 0.25) is 5.91 Å². The summed E-state index contributed by atoms with van der Waals surface area (Å²) in [4.78, 5) is 29.0. The first-order valence-corrected chi connectivity index (χ1v) is 12.1. The normalized spacial score (nSPS) is 22.5. The van der Waals surface area contributed by atoms with E-state index in [-0.39, 0.29) is 18.6 Å². The van der Waals surface area contributed by atoms with Gasteiger partial charge in [0.25, 0.3) is 0 Å². The Kier molecular flexibility index (Phi) is 8.21. The van der Waals surface area contributed by atoms with Gasteiger partial charge in [-0.2, -0.15) is 0 Å². The third kappa shape index (κ3) is 6.71. The van der Waals surface area contributed by atoms with Crippen LogP contribution in [0.3, 0.4) is 0 Å². The Hall–Kier alpha value is -2.08. The predicted octanol–water partition coefficient (Wildman–Crippen LogP) is 4.56. The van der Waals surface area contributed by atoms with Crippen molar-refractivity contribution in [1.29, 1.82) is 0 Å². The fraction of sp³-hybridized carbons (Fsp3) is 0.692. The Morgan fingerprint density at radius 2 is 1.62 bits per heavy atom. The number of piperidine rings is 1. The molecule has 0 spiro atoms. The van der Waals surface area contributed by atoms with E-state index in [4.69, 9.17) is 4.74 Å². The highest BCUT2D eigenvalue weighted by atomic mass is 16.6. The highest BCUT2D eigenvalue weighted by molar-refractivity contribution is 5.79. The molecule has 1 saturated carbocycles. The van der Waals surface area contributed by atoms with Crippen LogP contribution in [0.4, 0.5) is 4.79 Å². The van der Waals surface area contributed by atoms with Gasteiger partial charge in [0.05, 0.1) is 6.61 Å². The number of amides is 2. The number of ether oxygens (including phenoxy) is 1. The van der Waals surface area contributed by atoms with E-state index in [0.29, 0.717) is 24.3 Å². The molecule has 1 aliphatic heterocycles. The molecule has 0 unspecified atom stereocenters. The van der Waals surface area contributed by atoms with E-state index in [1.165, 1.54) is 5.56 Å². The number of likely N-dealkylation sites (tertiary alicyclic amines) is 1. The molecule has 6 heteroatoms. The maximum Gasteiger partial charge on any atom is 0.410 e. The van der Waals surface area contributed by atoms with E-state index in [1.54, 1.807) is 11.9 Å². The van der Waals surface area contributed by atoms with Crippen LogP contribution >= 0.6 is 0 Å². The molecular weight excluding hydrogens is 404 g/mol. The summed E-state index contributed by atoms with van der Waals surface area (Å²) >= 11 is 0. The van der Waals surface area contributed by atoms with Crippen molar-refractivity contribution in [2.75, 3.05) is 26.7 Å². The summed E-state index contributed by atoms with van der Waals surface area (Å²) in [5, 5.41) is 9.22. The number of carbonyl (C=O) groups excluding carboxylic acids is 2. The van der Waals surface area contributed by atoms with Crippen molar-refractivity contribution >= 4 is 12.0 Å². The molecule has 0 atom stereocenters. The number of hydrogen-bond acceptors (Lipinski definition) is 4. The minimum absolute atomic E-state index is 0.0762. The molecule has 1 aromatic carbocycles. The van der Waals surface area contributed by atoms with Crippen LogP contribution in [0.25, 0.3) is 0 Å². The zero-order valence-corrected chi connectivity index (χ0v) is 20.2. The first-order chi connectivity index (χ1) is 15.2. The highest BCUT2D eigenvalue weighted by Crippen LogP contribution is 2.33. The third-order valence-electron chi connectivity index (χ3n) is 6.87. The lowest BCUT2D eigenvalue weighted by Crippen LogP contribution is -2.43. The molecule has 1 aliphatic carbocycles. The van der Waals surface area contributed by atoms with Crippen LogP contribution in [0.5, 0.6) is 0 Å². The number of rotatable bonds is 5. The van der Waals surface area contributed by atoms with Crippen molar-refractivity contribution in [2.24, 2.45) is 11.8 Å². The second kappa shape index (κ2) is 10.7. The standard InChI is InChI=1S/C26H40N2O4/c1-26(2,3)32-25(31)27(4)17-19-5-11-23(12-6-19)24(30)28-15-13-22(14-16-28)21-9-7-20(18-29)8-10-21/h7-10,19,22-23,29H,5-6,11-18H2,1-4H3. The van der Waals surface area contributed by atoms with Crippen molar-refractivity contribution in [2.45, 2.75) is 77.4 Å². The Bertz CT molecular complexity index is 755. The molecule has 1 aromatic rings. The Morgan fingerprint density at radius 1 is 1.03 bits per heavy atom. The molecule has 1 saturated heterocycles. The summed E-state index contributed by atoms with van der Waals surface area (Å²) in [5.74, 6) is 1.37. The monoisotopic (exact) mass is 444 g/mol. The zero-order chi connectivity index (χ0) is 23.3. The topological polar surface area (TPSA) is 70.1 Å². The summed E-state index contributed by atoms with van der Waals surface area (Å²) in [6.45, 7) is 8.06. The molecule has 0 bridgehead atoms. The van der Waals surface area contributed by atoms with Crippen LogP contribution in [0.2, 0.25) is 0 Å². The molecule has 3 rings (SSSR count). The summed E-state index contributed by atoms with van der Waals surface area (Å²) < 4.78 is 5.45. The first kappa shape index (κ1) is 24.6. The van der Waals surface area contributed by atoms with Gasteiger partial charge in [0, 0.05) is 32.6 Å². The molecule has 2 aliphatic rings. The van der Waals surface area contributed by atoms with Crippen LogP contribution in [-0.4, -0.2) is 59.2 Å². The highest BCUT2D eigenvalue weighted by Gasteiger charge is 2.32. The minimum atomic E-state index is -0.480. The number of nitrogens with zero attached hydrogens (tertiary/aromatic N) is 2. The Morgan fingerprint density at radius 3 is 2.16 bits per heavy atom. The predicted molar refractivity (Wildman–Crippen MR) is 125 cm³/mol. The van der Waals surface area contributed by atoms with E-state index < -0.39 is 5.60 Å². The van der Waals surface area contributed by atoms with E-state index in [9.17, 15) is 14.7 Å². The fourth-order valence-corrected chi connectivity index (χ4v) is 4.98. The van der Waals surface area contributed by atoms with Gasteiger partial charge >= 0.3 is 6.09 Å². The minimum Gasteiger partial charge on any atom is -0.444 e. The van der Waals surface area contributed by atoms with Crippen molar-refractivity contribution in [3.63, 3.8) is 0 Å². The van der Waals surface area contributed by atoms with E-state index >= 15 is 0 Å². The maximum absolute atomic E-state index is 13.1. The molecule has 6 nitrogen and oxygen atoms in total. The van der Waals surface area contributed by atoms with Gasteiger partial charge in [-0.1, -0.05) is 24.3 Å². The largest absolute Gasteiger partial charge is 0.444 e. The SMILES string of the molecule is CN(CC1CCC(C(=O)N2CCC(c3ccc(CO)cc3)CC2)CC1)C(=O)OC(C)(C)C. The second-order valence-corrected chi connectivity index (χ2v) is 10.6. The van der Waals surface area contributed by atoms with Gasteiger partial charge in [-0.05, 0) is 82.3 Å². The number of aliphatic hydroxyl groups is 1. The Labute approximate surface area is 192 Å². The van der Waals surface area contributed by atoms with Gasteiger partial charge in [-0.25, -0.2) is 4.79 Å². The van der Waals surface area contributed by atoms with Gasteiger partial charge in [-0.15, -0.1) is 0 Å². The van der Waals surface area contributed by atoms with Crippen LogP contribution in [0.1, 0.15) is 76.3 Å². The van der Waals surface area contributed by atoms with E-state index in [0.717, 1.165) is 57.2 Å². The smallest absolute Gasteiger partial charge is 0.410 e. The summed E-state index contributed by atoms with van der Waals surface area (Å²) in [5.41, 5.74) is 1.77. The molecule has 1 N–H and O–H groups in total. The molecule has 0 aromatic heterocycles. The van der Waals surface area contributed by atoms with Crippen molar-refractivity contribution < 1.29 is 19.4 Å².